The fourth-order valence-electron chi connectivity index (χ4n) is 3.59. The van der Waals surface area contributed by atoms with Crippen LogP contribution < -0.4 is 4.90 Å². The molecule has 0 amide bonds. The molecule has 0 saturated carbocycles. The Bertz CT molecular complexity index is 863. The van der Waals surface area contributed by atoms with Crippen LogP contribution in [0.25, 0.3) is 11.0 Å². The molecule has 8 heteroatoms. The van der Waals surface area contributed by atoms with E-state index in [1.54, 1.807) is 6.26 Å². The number of alkyl halides is 2. The van der Waals surface area contributed by atoms with Crippen molar-refractivity contribution in [2.75, 3.05) is 36.4 Å². The summed E-state index contributed by atoms with van der Waals surface area (Å²) in [4.78, 5) is 19.0. The number of allylic oxidation sites excluding steroid dienone is 1. The zero-order valence-corrected chi connectivity index (χ0v) is 18.9. The van der Waals surface area contributed by atoms with Crippen LogP contribution in [0.1, 0.15) is 31.5 Å². The summed E-state index contributed by atoms with van der Waals surface area (Å²) in [6, 6.07) is 6.22. The topological polar surface area (TPSA) is 56.6 Å². The molecule has 0 fully saturated rings. The van der Waals surface area contributed by atoms with E-state index >= 15 is 0 Å². The van der Waals surface area contributed by atoms with E-state index in [-0.39, 0.29) is 12.1 Å². The van der Waals surface area contributed by atoms with Gasteiger partial charge in [-0.25, -0.2) is 4.98 Å². The summed E-state index contributed by atoms with van der Waals surface area (Å²) in [6.07, 6.45) is 7.27. The molecule has 1 atom stereocenters. The van der Waals surface area contributed by atoms with Crippen LogP contribution in [0.15, 0.2) is 30.5 Å². The van der Waals surface area contributed by atoms with Crippen molar-refractivity contribution in [2.24, 2.45) is 7.05 Å². The average Bonchev–Trinajstić information content (AvgIpc) is 3.08. The second-order valence-corrected chi connectivity index (χ2v) is 8.12. The Morgan fingerprint density at radius 2 is 2.13 bits per heavy atom. The van der Waals surface area contributed by atoms with Crippen LogP contribution in [0.2, 0.25) is 0 Å². The summed E-state index contributed by atoms with van der Waals surface area (Å²) in [5, 5.41) is 0. The van der Waals surface area contributed by atoms with Gasteiger partial charge in [0.2, 0.25) is 0 Å². The molecule has 1 unspecified atom stereocenters. The number of nitrogens with zero attached hydrogens (tertiary/aromatic N) is 3. The van der Waals surface area contributed by atoms with Crippen molar-refractivity contribution >= 4 is 45.9 Å². The Balaban J connectivity index is 1.54. The first-order chi connectivity index (χ1) is 14.6. The highest BCUT2D eigenvalue weighted by molar-refractivity contribution is 6.18. The number of ether oxygens (including phenoxy) is 2. The monoisotopic (exact) mass is 453 g/mol. The van der Waals surface area contributed by atoms with Crippen LogP contribution in [0.5, 0.6) is 0 Å². The van der Waals surface area contributed by atoms with Crippen LogP contribution in [0.3, 0.4) is 0 Å². The van der Waals surface area contributed by atoms with E-state index in [4.69, 9.17) is 37.7 Å². The third-order valence-corrected chi connectivity index (χ3v) is 5.60. The third kappa shape index (κ3) is 6.05. The van der Waals surface area contributed by atoms with Crippen molar-refractivity contribution in [2.45, 2.75) is 38.2 Å². The Morgan fingerprint density at radius 3 is 2.83 bits per heavy atom. The van der Waals surface area contributed by atoms with Gasteiger partial charge in [0.1, 0.15) is 18.5 Å². The standard InChI is InChI=1S/C22H29Cl2N3O3/c1-26-20-9-8-17(27(12-10-23)13-11-24)15-19(20)25-21(26)6-4-7-22(28)30-16-18-5-2-3-14-29-18/h3,8-9,14-15,18H,2,4-7,10-13,16H2,1H3. The molecule has 0 spiro atoms. The van der Waals surface area contributed by atoms with Crippen molar-refractivity contribution < 1.29 is 14.3 Å². The Morgan fingerprint density at radius 1 is 1.33 bits per heavy atom. The molecule has 2 heterocycles. The lowest BCUT2D eigenvalue weighted by molar-refractivity contribution is -0.147. The highest BCUT2D eigenvalue weighted by Gasteiger charge is 2.15. The van der Waals surface area contributed by atoms with Crippen molar-refractivity contribution in [3.05, 3.63) is 36.4 Å². The van der Waals surface area contributed by atoms with Gasteiger partial charge >= 0.3 is 5.97 Å². The molecule has 0 N–H and O–H groups in total. The lowest BCUT2D eigenvalue weighted by atomic mass is 10.2. The molecule has 1 aliphatic heterocycles. The summed E-state index contributed by atoms with van der Waals surface area (Å²) in [5.74, 6) is 1.85. The maximum atomic E-state index is 12.0. The largest absolute Gasteiger partial charge is 0.495 e. The van der Waals surface area contributed by atoms with Gasteiger partial charge in [0.05, 0.1) is 17.3 Å². The fourth-order valence-corrected chi connectivity index (χ4v) is 4.00. The van der Waals surface area contributed by atoms with Crippen LogP contribution in [0, 0.1) is 0 Å². The highest BCUT2D eigenvalue weighted by atomic mass is 35.5. The molecule has 0 saturated heterocycles. The summed E-state index contributed by atoms with van der Waals surface area (Å²) >= 11 is 11.9. The van der Waals surface area contributed by atoms with Crippen LogP contribution in [-0.2, 0) is 27.7 Å². The van der Waals surface area contributed by atoms with Gasteiger partial charge in [0.25, 0.3) is 0 Å². The number of anilines is 1. The summed E-state index contributed by atoms with van der Waals surface area (Å²) in [7, 11) is 2.01. The Hall–Kier alpha value is -1.92. The van der Waals surface area contributed by atoms with E-state index in [0.717, 1.165) is 48.5 Å². The normalized spacial score (nSPS) is 15.9. The third-order valence-electron chi connectivity index (χ3n) is 5.27. The molecule has 0 bridgehead atoms. The van der Waals surface area contributed by atoms with Crippen molar-refractivity contribution in [3.8, 4) is 0 Å². The number of esters is 1. The van der Waals surface area contributed by atoms with E-state index < -0.39 is 0 Å². The minimum atomic E-state index is -0.188. The summed E-state index contributed by atoms with van der Waals surface area (Å²) in [6.45, 7) is 1.80. The number of halogens is 2. The molecule has 2 aromatic rings. The van der Waals surface area contributed by atoms with E-state index in [1.165, 1.54) is 0 Å². The number of hydrogen-bond donors (Lipinski definition) is 0. The van der Waals surface area contributed by atoms with Gasteiger partial charge in [-0.1, -0.05) is 0 Å². The molecule has 0 aliphatic carbocycles. The SMILES string of the molecule is Cn1c(CCCC(=O)OCC2CCC=CO2)nc2cc(N(CCCl)CCCl)ccc21. The quantitative estimate of drug-likeness (QED) is 0.372. The number of aryl methyl sites for hydroxylation is 2. The van der Waals surface area contributed by atoms with E-state index in [0.29, 0.717) is 37.6 Å². The molecule has 1 aliphatic rings. The van der Waals surface area contributed by atoms with Crippen LogP contribution in [0.4, 0.5) is 5.69 Å². The molecule has 0 radical (unpaired) electrons. The maximum Gasteiger partial charge on any atom is 0.305 e. The first kappa shape index (κ1) is 22.8. The molecule has 30 heavy (non-hydrogen) atoms. The van der Waals surface area contributed by atoms with Gasteiger partial charge < -0.3 is 18.9 Å². The second-order valence-electron chi connectivity index (χ2n) is 7.37. The average molecular weight is 454 g/mol. The number of hydrogen-bond acceptors (Lipinski definition) is 5. The van der Waals surface area contributed by atoms with Crippen molar-refractivity contribution in [1.29, 1.82) is 0 Å². The van der Waals surface area contributed by atoms with Crippen molar-refractivity contribution in [3.63, 3.8) is 0 Å². The number of benzene rings is 1. The van der Waals surface area contributed by atoms with Crippen LogP contribution in [-0.4, -0.2) is 53.1 Å². The van der Waals surface area contributed by atoms with E-state index in [2.05, 4.69) is 27.7 Å². The first-order valence-corrected chi connectivity index (χ1v) is 11.5. The first-order valence-electron chi connectivity index (χ1n) is 10.4. The molecule has 164 valence electrons. The summed E-state index contributed by atoms with van der Waals surface area (Å²) < 4.78 is 12.8. The number of carbonyl (C=O) groups excluding carboxylic acids is 1. The smallest absolute Gasteiger partial charge is 0.305 e. The van der Waals surface area contributed by atoms with Gasteiger partial charge in [-0.15, -0.1) is 23.2 Å². The number of fused-ring (bicyclic) bond motifs is 1. The lowest BCUT2D eigenvalue weighted by Crippen LogP contribution is -2.27. The van der Waals surface area contributed by atoms with E-state index in [1.807, 2.05) is 13.1 Å². The predicted molar refractivity (Wildman–Crippen MR) is 122 cm³/mol. The highest BCUT2D eigenvalue weighted by Crippen LogP contribution is 2.23. The minimum absolute atomic E-state index is 0.0230. The van der Waals surface area contributed by atoms with Gasteiger partial charge in [-0.05, 0) is 43.5 Å². The number of carbonyl (C=O) groups is 1. The molecule has 1 aromatic carbocycles. The maximum absolute atomic E-state index is 12.0. The van der Waals surface area contributed by atoms with Crippen LogP contribution >= 0.6 is 23.2 Å². The molecule has 1 aromatic heterocycles. The van der Waals surface area contributed by atoms with Gasteiger partial charge in [0.15, 0.2) is 0 Å². The van der Waals surface area contributed by atoms with E-state index in [9.17, 15) is 4.79 Å². The lowest BCUT2D eigenvalue weighted by Gasteiger charge is -2.22. The van der Waals surface area contributed by atoms with Gasteiger partial charge in [-0.2, -0.15) is 0 Å². The van der Waals surface area contributed by atoms with Crippen molar-refractivity contribution in [1.82, 2.24) is 9.55 Å². The molecular weight excluding hydrogens is 425 g/mol. The molecule has 3 rings (SSSR count). The predicted octanol–water partition coefficient (Wildman–Crippen LogP) is 4.42. The van der Waals surface area contributed by atoms with Gasteiger partial charge in [0, 0.05) is 50.4 Å². The zero-order chi connectivity index (χ0) is 21.3. The number of aromatic nitrogens is 2. The zero-order valence-electron chi connectivity index (χ0n) is 17.4. The van der Waals surface area contributed by atoms with Gasteiger partial charge in [-0.3, -0.25) is 4.79 Å². The fraction of sp³-hybridized carbons (Fsp3) is 0.545. The Kier molecular flexibility index (Phi) is 8.70. The number of imidazole rings is 1. The minimum Gasteiger partial charge on any atom is -0.495 e. The molecular formula is C22H29Cl2N3O3. The Labute approximate surface area is 187 Å². The summed E-state index contributed by atoms with van der Waals surface area (Å²) in [5.41, 5.74) is 3.07. The molecule has 6 nitrogen and oxygen atoms in total. The second kappa shape index (κ2) is 11.5. The number of rotatable bonds is 11.